The van der Waals surface area contributed by atoms with Crippen LogP contribution in [0.3, 0.4) is 0 Å². The smallest absolute Gasteiger partial charge is 0.249 e. The number of aromatic nitrogens is 1. The van der Waals surface area contributed by atoms with E-state index in [1.165, 1.54) is 10.9 Å². The minimum atomic E-state index is -0.273. The van der Waals surface area contributed by atoms with E-state index in [1.54, 1.807) is 0 Å². The largest absolute Gasteiger partial charge is 0.489 e. The number of ether oxygens (including phenoxy) is 2. The Hall–Kier alpha value is -2.79. The predicted octanol–water partition coefficient (Wildman–Crippen LogP) is 3.60. The van der Waals surface area contributed by atoms with Crippen molar-refractivity contribution in [1.82, 2.24) is 9.88 Å². The lowest BCUT2D eigenvalue weighted by Gasteiger charge is -2.10. The van der Waals surface area contributed by atoms with Crippen molar-refractivity contribution >= 4 is 16.8 Å². The number of rotatable bonds is 7. The lowest BCUT2D eigenvalue weighted by atomic mass is 10.1. The minimum Gasteiger partial charge on any atom is -0.489 e. The lowest BCUT2D eigenvalue weighted by molar-refractivity contribution is -0.129. The number of carbonyl (C=O) groups is 1. The van der Waals surface area contributed by atoms with Gasteiger partial charge in [0.25, 0.3) is 0 Å². The molecule has 0 aliphatic carbocycles. The van der Waals surface area contributed by atoms with Gasteiger partial charge in [0.05, 0.1) is 0 Å². The maximum absolute atomic E-state index is 12.1. The minimum absolute atomic E-state index is 0.00428. The van der Waals surface area contributed by atoms with Crippen LogP contribution in [-0.2, 0) is 29.6 Å². The molecule has 5 nitrogen and oxygen atoms in total. The van der Waals surface area contributed by atoms with Crippen LogP contribution in [0.5, 0.6) is 5.75 Å². The molecule has 1 aliphatic rings. The molecule has 0 radical (unpaired) electrons. The molecule has 1 N–H and O–H groups in total. The van der Waals surface area contributed by atoms with E-state index in [4.69, 9.17) is 9.47 Å². The first-order chi connectivity index (χ1) is 13.7. The van der Waals surface area contributed by atoms with Gasteiger partial charge in [0, 0.05) is 37.3 Å². The van der Waals surface area contributed by atoms with Crippen molar-refractivity contribution < 1.29 is 14.3 Å². The molecule has 1 saturated heterocycles. The summed E-state index contributed by atoms with van der Waals surface area (Å²) in [6.07, 6.45) is 4.42. The van der Waals surface area contributed by atoms with Crippen LogP contribution in [0, 0.1) is 0 Å². The van der Waals surface area contributed by atoms with E-state index in [1.807, 2.05) is 31.3 Å². The van der Waals surface area contributed by atoms with Gasteiger partial charge in [-0.15, -0.1) is 0 Å². The van der Waals surface area contributed by atoms with Crippen molar-refractivity contribution in [3.63, 3.8) is 0 Å². The van der Waals surface area contributed by atoms with Crippen LogP contribution >= 0.6 is 0 Å². The predicted molar refractivity (Wildman–Crippen MR) is 109 cm³/mol. The fraction of sp³-hybridized carbons (Fsp3) is 0.348. The Balaban J connectivity index is 1.41. The van der Waals surface area contributed by atoms with Crippen LogP contribution in [-0.4, -0.2) is 29.7 Å². The second-order valence-electron chi connectivity index (χ2n) is 7.26. The highest BCUT2D eigenvalue weighted by Crippen LogP contribution is 2.26. The number of nitrogens with one attached hydrogen (secondary N) is 1. The van der Waals surface area contributed by atoms with Crippen molar-refractivity contribution in [1.29, 1.82) is 0 Å². The van der Waals surface area contributed by atoms with E-state index in [0.717, 1.165) is 36.1 Å². The summed E-state index contributed by atoms with van der Waals surface area (Å²) in [7, 11) is 2.04. The van der Waals surface area contributed by atoms with Crippen molar-refractivity contribution in [2.75, 3.05) is 13.2 Å². The maximum Gasteiger partial charge on any atom is 0.249 e. The molecule has 146 valence electrons. The van der Waals surface area contributed by atoms with Gasteiger partial charge in [-0.3, -0.25) is 4.79 Å². The van der Waals surface area contributed by atoms with Gasteiger partial charge in [-0.05, 0) is 48.6 Å². The van der Waals surface area contributed by atoms with Crippen LogP contribution in [0.1, 0.15) is 24.0 Å². The SMILES string of the molecule is Cn1cc(CCNC(=O)C2CCCO2)c2cc(OCc3ccccc3)ccc21. The number of nitrogens with zero attached hydrogens (tertiary/aromatic N) is 1. The summed E-state index contributed by atoms with van der Waals surface area (Å²) >= 11 is 0. The number of carbonyl (C=O) groups excluding carboxylic acids is 1. The fourth-order valence-electron chi connectivity index (χ4n) is 3.70. The van der Waals surface area contributed by atoms with Gasteiger partial charge in [0.1, 0.15) is 18.5 Å². The van der Waals surface area contributed by atoms with Crippen molar-refractivity contribution in [2.24, 2.45) is 7.05 Å². The van der Waals surface area contributed by atoms with Gasteiger partial charge in [0.15, 0.2) is 0 Å². The highest BCUT2D eigenvalue weighted by Gasteiger charge is 2.23. The summed E-state index contributed by atoms with van der Waals surface area (Å²) in [5.74, 6) is 0.858. The molecule has 1 aliphatic heterocycles. The topological polar surface area (TPSA) is 52.5 Å². The summed E-state index contributed by atoms with van der Waals surface area (Å²) in [5.41, 5.74) is 3.51. The quantitative estimate of drug-likeness (QED) is 0.684. The number of hydrogen-bond donors (Lipinski definition) is 1. The average Bonchev–Trinajstić information content (AvgIpc) is 3.36. The molecule has 2 aromatic carbocycles. The van der Waals surface area contributed by atoms with Crippen LogP contribution in [0.4, 0.5) is 0 Å². The second-order valence-corrected chi connectivity index (χ2v) is 7.26. The number of amides is 1. The standard InChI is InChI=1S/C23H26N2O3/c1-25-15-18(11-12-24-23(26)22-8-5-13-27-22)20-14-19(9-10-21(20)25)28-16-17-6-3-2-4-7-17/h2-4,6-7,9-10,14-15,22H,5,8,11-13,16H2,1H3,(H,24,26). The zero-order chi connectivity index (χ0) is 19.3. The third-order valence-corrected chi connectivity index (χ3v) is 5.21. The van der Waals surface area contributed by atoms with Gasteiger partial charge in [-0.25, -0.2) is 0 Å². The third kappa shape index (κ3) is 4.20. The van der Waals surface area contributed by atoms with E-state index >= 15 is 0 Å². The monoisotopic (exact) mass is 378 g/mol. The molecule has 5 heteroatoms. The number of fused-ring (bicyclic) bond motifs is 1. The van der Waals surface area contributed by atoms with E-state index in [0.29, 0.717) is 19.8 Å². The molecule has 2 heterocycles. The fourth-order valence-corrected chi connectivity index (χ4v) is 3.70. The van der Waals surface area contributed by atoms with E-state index in [2.05, 4.69) is 40.3 Å². The summed E-state index contributed by atoms with van der Waals surface area (Å²) < 4.78 is 13.5. The normalized spacial score (nSPS) is 16.4. The van der Waals surface area contributed by atoms with Gasteiger partial charge in [-0.1, -0.05) is 30.3 Å². The van der Waals surface area contributed by atoms with Gasteiger partial charge < -0.3 is 19.4 Å². The Kier molecular flexibility index (Phi) is 5.63. The molecule has 3 aromatic rings. The Morgan fingerprint density at radius 2 is 2.11 bits per heavy atom. The number of aryl methyl sites for hydroxylation is 1. The molecule has 0 saturated carbocycles. The van der Waals surface area contributed by atoms with Crippen LogP contribution in [0.25, 0.3) is 10.9 Å². The molecule has 1 aromatic heterocycles. The van der Waals surface area contributed by atoms with Gasteiger partial charge in [-0.2, -0.15) is 0 Å². The Labute approximate surface area is 165 Å². The highest BCUT2D eigenvalue weighted by molar-refractivity contribution is 5.85. The summed E-state index contributed by atoms with van der Waals surface area (Å²) in [6, 6.07) is 16.3. The summed E-state index contributed by atoms with van der Waals surface area (Å²) in [5, 5.41) is 4.17. The number of hydrogen-bond acceptors (Lipinski definition) is 3. The molecule has 1 unspecified atom stereocenters. The Morgan fingerprint density at radius 1 is 1.25 bits per heavy atom. The molecule has 1 fully saturated rings. The molecule has 4 rings (SSSR count). The van der Waals surface area contributed by atoms with Crippen LogP contribution in [0.15, 0.2) is 54.7 Å². The van der Waals surface area contributed by atoms with Crippen LogP contribution < -0.4 is 10.1 Å². The van der Waals surface area contributed by atoms with Gasteiger partial charge in [0.2, 0.25) is 5.91 Å². The van der Waals surface area contributed by atoms with E-state index in [9.17, 15) is 4.79 Å². The van der Waals surface area contributed by atoms with Crippen molar-refractivity contribution in [3.05, 3.63) is 65.9 Å². The molecule has 0 spiro atoms. The third-order valence-electron chi connectivity index (χ3n) is 5.21. The summed E-state index contributed by atoms with van der Waals surface area (Å²) in [4.78, 5) is 12.1. The highest BCUT2D eigenvalue weighted by atomic mass is 16.5. The average molecular weight is 378 g/mol. The first-order valence-corrected chi connectivity index (χ1v) is 9.85. The zero-order valence-electron chi connectivity index (χ0n) is 16.2. The maximum atomic E-state index is 12.1. The molecule has 1 atom stereocenters. The van der Waals surface area contributed by atoms with Gasteiger partial charge >= 0.3 is 0 Å². The van der Waals surface area contributed by atoms with Crippen LogP contribution in [0.2, 0.25) is 0 Å². The van der Waals surface area contributed by atoms with Crippen molar-refractivity contribution in [3.8, 4) is 5.75 Å². The second kappa shape index (κ2) is 8.48. The molecular weight excluding hydrogens is 352 g/mol. The molecule has 0 bridgehead atoms. The molecular formula is C23H26N2O3. The Morgan fingerprint density at radius 3 is 2.89 bits per heavy atom. The van der Waals surface area contributed by atoms with E-state index < -0.39 is 0 Å². The van der Waals surface area contributed by atoms with E-state index in [-0.39, 0.29) is 12.0 Å². The number of benzene rings is 2. The van der Waals surface area contributed by atoms with Crippen molar-refractivity contribution in [2.45, 2.75) is 32.0 Å². The molecule has 1 amide bonds. The molecule has 28 heavy (non-hydrogen) atoms. The lowest BCUT2D eigenvalue weighted by Crippen LogP contribution is -2.35. The summed E-state index contributed by atoms with van der Waals surface area (Å²) in [6.45, 7) is 1.84. The Bertz CT molecular complexity index is 943. The first kappa shape index (κ1) is 18.6. The zero-order valence-corrected chi connectivity index (χ0v) is 16.2. The first-order valence-electron chi connectivity index (χ1n) is 9.85.